The Kier molecular flexibility index (Phi) is 2.31. The molecule has 2 rings (SSSR count). The van der Waals surface area contributed by atoms with Crippen LogP contribution in [0.3, 0.4) is 0 Å². The van der Waals surface area contributed by atoms with E-state index in [1.165, 1.54) is 0 Å². The van der Waals surface area contributed by atoms with E-state index >= 15 is 0 Å². The average Bonchev–Trinajstić information content (AvgIpc) is 2.71. The van der Waals surface area contributed by atoms with Gasteiger partial charge in [0.25, 0.3) is 0 Å². The molecule has 2 aromatic heterocycles. The number of hydrogen-bond donors (Lipinski definition) is 0. The highest BCUT2D eigenvalue weighted by atomic mass is 32.2. The molecule has 0 aliphatic rings. The molecule has 0 saturated carbocycles. The minimum absolute atomic E-state index is 0.797. The van der Waals surface area contributed by atoms with Gasteiger partial charge in [0.1, 0.15) is 5.82 Å². The summed E-state index contributed by atoms with van der Waals surface area (Å²) >= 11 is 1.54. The standard InChI is InChI=1S/C9H9N3S/c1-13-9-10-5-4-8(11-9)12-6-2-3-7-12/h2-7H,1H3. The topological polar surface area (TPSA) is 30.7 Å². The largest absolute Gasteiger partial charge is 0.309 e. The van der Waals surface area contributed by atoms with Gasteiger partial charge in [-0.3, -0.25) is 0 Å². The first-order valence-corrected chi connectivity index (χ1v) is 5.13. The van der Waals surface area contributed by atoms with Crippen LogP contribution in [0.5, 0.6) is 0 Å². The van der Waals surface area contributed by atoms with Crippen molar-refractivity contribution in [1.29, 1.82) is 0 Å². The maximum Gasteiger partial charge on any atom is 0.189 e. The fourth-order valence-corrected chi connectivity index (χ4v) is 1.41. The molecular weight excluding hydrogens is 182 g/mol. The predicted octanol–water partition coefficient (Wildman–Crippen LogP) is 1.99. The van der Waals surface area contributed by atoms with Gasteiger partial charge in [-0.2, -0.15) is 0 Å². The molecule has 3 nitrogen and oxygen atoms in total. The molecule has 2 aromatic rings. The highest BCUT2D eigenvalue weighted by Crippen LogP contribution is 2.10. The number of hydrogen-bond acceptors (Lipinski definition) is 3. The summed E-state index contributed by atoms with van der Waals surface area (Å²) in [6.07, 6.45) is 7.67. The molecule has 4 heteroatoms. The SMILES string of the molecule is CSc1nccc(-n2cccc2)n1. The lowest BCUT2D eigenvalue weighted by Gasteiger charge is -2.01. The van der Waals surface area contributed by atoms with Crippen molar-refractivity contribution in [2.75, 3.05) is 6.26 Å². The van der Waals surface area contributed by atoms with Crippen molar-refractivity contribution in [2.45, 2.75) is 5.16 Å². The molecule has 0 radical (unpaired) electrons. The summed E-state index contributed by atoms with van der Waals surface area (Å²) in [4.78, 5) is 8.45. The molecule has 0 unspecified atom stereocenters. The summed E-state index contributed by atoms with van der Waals surface area (Å²) in [5.74, 6) is 0.907. The van der Waals surface area contributed by atoms with Crippen molar-refractivity contribution < 1.29 is 0 Å². The summed E-state index contributed by atoms with van der Waals surface area (Å²) in [6, 6.07) is 5.83. The van der Waals surface area contributed by atoms with Crippen molar-refractivity contribution >= 4 is 11.8 Å². The average molecular weight is 191 g/mol. The van der Waals surface area contributed by atoms with Crippen LogP contribution in [0, 0.1) is 0 Å². The van der Waals surface area contributed by atoms with Crippen molar-refractivity contribution in [3.63, 3.8) is 0 Å². The first-order chi connectivity index (χ1) is 6.40. The zero-order valence-electron chi connectivity index (χ0n) is 7.21. The predicted molar refractivity (Wildman–Crippen MR) is 53.1 cm³/mol. The third-order valence-electron chi connectivity index (χ3n) is 1.67. The number of nitrogens with zero attached hydrogens (tertiary/aromatic N) is 3. The van der Waals surface area contributed by atoms with E-state index in [1.807, 2.05) is 41.4 Å². The van der Waals surface area contributed by atoms with Gasteiger partial charge in [-0.15, -0.1) is 0 Å². The molecule has 13 heavy (non-hydrogen) atoms. The summed E-state index contributed by atoms with van der Waals surface area (Å²) in [5, 5.41) is 0.797. The molecule has 0 amide bonds. The van der Waals surface area contributed by atoms with E-state index in [1.54, 1.807) is 18.0 Å². The molecule has 0 atom stereocenters. The molecule has 0 bridgehead atoms. The second kappa shape index (κ2) is 3.62. The first kappa shape index (κ1) is 8.31. The van der Waals surface area contributed by atoms with Gasteiger partial charge in [0, 0.05) is 18.6 Å². The summed E-state index contributed by atoms with van der Waals surface area (Å²) in [6.45, 7) is 0. The highest BCUT2D eigenvalue weighted by molar-refractivity contribution is 7.98. The minimum Gasteiger partial charge on any atom is -0.309 e. The van der Waals surface area contributed by atoms with E-state index in [-0.39, 0.29) is 0 Å². The Morgan fingerprint density at radius 1 is 1.31 bits per heavy atom. The number of aromatic nitrogens is 3. The molecule has 0 aliphatic heterocycles. The van der Waals surface area contributed by atoms with E-state index < -0.39 is 0 Å². The van der Waals surface area contributed by atoms with Gasteiger partial charge in [-0.25, -0.2) is 9.97 Å². The van der Waals surface area contributed by atoms with Gasteiger partial charge in [-0.1, -0.05) is 11.8 Å². The Hall–Kier alpha value is -1.29. The highest BCUT2D eigenvalue weighted by Gasteiger charge is 1.97. The molecule has 0 N–H and O–H groups in total. The fourth-order valence-electron chi connectivity index (χ4n) is 1.06. The number of rotatable bonds is 2. The van der Waals surface area contributed by atoms with Crippen molar-refractivity contribution in [1.82, 2.24) is 14.5 Å². The molecule has 0 fully saturated rings. The van der Waals surface area contributed by atoms with Crippen LogP contribution in [0.1, 0.15) is 0 Å². The Labute approximate surface area is 80.8 Å². The third-order valence-corrected chi connectivity index (χ3v) is 2.23. The zero-order valence-corrected chi connectivity index (χ0v) is 8.03. The van der Waals surface area contributed by atoms with Crippen molar-refractivity contribution in [3.8, 4) is 5.82 Å². The molecule has 0 spiro atoms. The summed E-state index contributed by atoms with van der Waals surface area (Å²) in [7, 11) is 0. The fraction of sp³-hybridized carbons (Fsp3) is 0.111. The van der Waals surface area contributed by atoms with Gasteiger partial charge in [0.2, 0.25) is 0 Å². The van der Waals surface area contributed by atoms with Gasteiger partial charge in [0.05, 0.1) is 0 Å². The van der Waals surface area contributed by atoms with Crippen LogP contribution in [0.2, 0.25) is 0 Å². The minimum atomic E-state index is 0.797. The van der Waals surface area contributed by atoms with Crippen LogP contribution in [-0.2, 0) is 0 Å². The van der Waals surface area contributed by atoms with Gasteiger partial charge in [-0.05, 0) is 24.5 Å². The van der Waals surface area contributed by atoms with Crippen molar-refractivity contribution in [2.24, 2.45) is 0 Å². The Balaban J connectivity index is 2.41. The molecule has 0 aromatic carbocycles. The van der Waals surface area contributed by atoms with Crippen LogP contribution in [0.25, 0.3) is 5.82 Å². The van der Waals surface area contributed by atoms with Crippen molar-refractivity contribution in [3.05, 3.63) is 36.8 Å². The van der Waals surface area contributed by atoms with Gasteiger partial charge in [0.15, 0.2) is 5.16 Å². The lowest BCUT2D eigenvalue weighted by Crippen LogP contribution is -1.95. The van der Waals surface area contributed by atoms with Crippen LogP contribution in [-0.4, -0.2) is 20.8 Å². The van der Waals surface area contributed by atoms with Gasteiger partial charge < -0.3 is 4.57 Å². The van der Waals surface area contributed by atoms with E-state index in [9.17, 15) is 0 Å². The second-order valence-electron chi connectivity index (χ2n) is 2.49. The zero-order chi connectivity index (χ0) is 9.10. The molecule has 2 heterocycles. The Bertz CT molecular complexity index is 384. The third kappa shape index (κ3) is 1.72. The molecule has 66 valence electrons. The lowest BCUT2D eigenvalue weighted by atomic mass is 10.6. The summed E-state index contributed by atoms with van der Waals surface area (Å²) in [5.41, 5.74) is 0. The normalized spacial score (nSPS) is 10.2. The monoisotopic (exact) mass is 191 g/mol. The smallest absolute Gasteiger partial charge is 0.189 e. The van der Waals surface area contributed by atoms with Gasteiger partial charge >= 0.3 is 0 Å². The first-order valence-electron chi connectivity index (χ1n) is 3.90. The van der Waals surface area contributed by atoms with Crippen LogP contribution >= 0.6 is 11.8 Å². The van der Waals surface area contributed by atoms with E-state index in [0.29, 0.717) is 0 Å². The number of thioether (sulfide) groups is 1. The lowest BCUT2D eigenvalue weighted by molar-refractivity contribution is 0.895. The van der Waals surface area contributed by atoms with E-state index in [4.69, 9.17) is 0 Å². The Morgan fingerprint density at radius 2 is 2.08 bits per heavy atom. The van der Waals surface area contributed by atoms with Crippen LogP contribution in [0.15, 0.2) is 41.9 Å². The van der Waals surface area contributed by atoms with Crippen LogP contribution < -0.4 is 0 Å². The molecular formula is C9H9N3S. The second-order valence-corrected chi connectivity index (χ2v) is 3.27. The van der Waals surface area contributed by atoms with Crippen LogP contribution in [0.4, 0.5) is 0 Å². The Morgan fingerprint density at radius 3 is 2.77 bits per heavy atom. The molecule has 0 aliphatic carbocycles. The molecule has 0 saturated heterocycles. The van der Waals surface area contributed by atoms with E-state index in [0.717, 1.165) is 11.0 Å². The summed E-state index contributed by atoms with van der Waals surface area (Å²) < 4.78 is 1.96. The van der Waals surface area contributed by atoms with E-state index in [2.05, 4.69) is 9.97 Å². The maximum absolute atomic E-state index is 4.35. The quantitative estimate of drug-likeness (QED) is 0.537. The maximum atomic E-state index is 4.35.